The van der Waals surface area contributed by atoms with E-state index in [1.54, 1.807) is 0 Å². The monoisotopic (exact) mass is 935 g/mol. The molecular weight excluding hydrogens is 837 g/mol. The van der Waals surface area contributed by atoms with E-state index in [0.29, 0.717) is 39.6 Å². The molecule has 0 amide bonds. The Balaban J connectivity index is 2.08. The molecule has 15 atom stereocenters. The first kappa shape index (κ1) is 58.0. The summed E-state index contributed by atoms with van der Waals surface area (Å²) in [4.78, 5) is 0. The number of rotatable bonds is 32. The Hall–Kier alpha value is -0.303. The highest BCUT2D eigenvalue weighted by molar-refractivity contribution is 6.74. The second-order valence-electron chi connectivity index (χ2n) is 20.2. The Morgan fingerprint density at radius 2 is 0.922 bits per heavy atom. The number of unbranched alkanes of at least 4 members (excludes halogenated alkanes) is 6. The van der Waals surface area contributed by atoms with Crippen molar-refractivity contribution < 1.29 is 61.6 Å². The molecule has 0 aliphatic carbocycles. The van der Waals surface area contributed by atoms with Crippen LogP contribution in [-0.4, -0.2) is 146 Å². The van der Waals surface area contributed by atoms with Gasteiger partial charge in [0.25, 0.3) is 0 Å². The standard InChI is InChI=1S/C50H98O13Si/c1-15-21-27-52-33-38-40(51)41(53-28-22-16-2)35(7)47(60-38)62-44-39(61-48(63-64(13,14)50(10,11)12)36(8)42(44)54-29-23-17-3)34-58-49-46(57-32-26-20-6)45(56-31-25-19-5)43(37(9)59-49)55-30-24-18-4/h35-49,51H,15-34H2,1-14H3/t35-,36?,37-,38?,39?,40+,41?,42+,43+,44+,45?,46?,47-,48+,49+/m0/s1. The minimum atomic E-state index is -2.33. The number of aliphatic hydroxyl groups is 1. The van der Waals surface area contributed by atoms with Crippen LogP contribution in [0.3, 0.4) is 0 Å². The lowest BCUT2D eigenvalue weighted by Crippen LogP contribution is -2.64. The van der Waals surface area contributed by atoms with Gasteiger partial charge >= 0.3 is 0 Å². The van der Waals surface area contributed by atoms with Gasteiger partial charge in [0.15, 0.2) is 27.2 Å². The number of ether oxygens (including phenoxy) is 11. The molecule has 64 heavy (non-hydrogen) atoms. The van der Waals surface area contributed by atoms with Crippen molar-refractivity contribution in [3.8, 4) is 0 Å². The second-order valence-corrected chi connectivity index (χ2v) is 24.9. The van der Waals surface area contributed by atoms with E-state index in [-0.39, 0.29) is 42.3 Å². The van der Waals surface area contributed by atoms with Crippen molar-refractivity contribution in [2.45, 2.75) is 258 Å². The highest BCUT2D eigenvalue weighted by Crippen LogP contribution is 2.42. The number of aliphatic hydroxyl groups excluding tert-OH is 1. The largest absolute Gasteiger partial charge is 0.392 e. The molecule has 0 aromatic rings. The normalized spacial score (nSPS) is 34.1. The molecular formula is C50H98O13Si. The molecule has 0 saturated carbocycles. The number of hydrogen-bond acceptors (Lipinski definition) is 13. The first-order valence-electron chi connectivity index (χ1n) is 25.8. The molecule has 0 aromatic heterocycles. The lowest BCUT2D eigenvalue weighted by molar-refractivity contribution is -0.356. The van der Waals surface area contributed by atoms with Gasteiger partial charge in [-0.3, -0.25) is 0 Å². The van der Waals surface area contributed by atoms with Gasteiger partial charge in [-0.15, -0.1) is 0 Å². The maximum atomic E-state index is 11.7. The summed E-state index contributed by atoms with van der Waals surface area (Å²) in [6, 6.07) is 0. The predicted molar refractivity (Wildman–Crippen MR) is 254 cm³/mol. The minimum absolute atomic E-state index is 0.0567. The summed E-state index contributed by atoms with van der Waals surface area (Å²) in [6.07, 6.45) is 4.02. The van der Waals surface area contributed by atoms with E-state index in [9.17, 15) is 5.11 Å². The average molecular weight is 935 g/mol. The van der Waals surface area contributed by atoms with Gasteiger partial charge < -0.3 is 61.6 Å². The third-order valence-electron chi connectivity index (χ3n) is 13.5. The molecule has 0 bridgehead atoms. The van der Waals surface area contributed by atoms with E-state index < -0.39 is 76.0 Å². The van der Waals surface area contributed by atoms with Gasteiger partial charge in [-0.05, 0) is 63.6 Å². The van der Waals surface area contributed by atoms with Crippen molar-refractivity contribution in [1.29, 1.82) is 0 Å². The molecule has 3 rings (SSSR count). The van der Waals surface area contributed by atoms with Gasteiger partial charge in [0, 0.05) is 51.5 Å². The molecule has 3 heterocycles. The smallest absolute Gasteiger partial charge is 0.195 e. The third-order valence-corrected chi connectivity index (χ3v) is 18.0. The third kappa shape index (κ3) is 17.6. The SMILES string of the molecule is CCCCOCC1O[C@@H](O[C@@H]2C(CO[C@@H]3O[C@@H](C)[C@@H](OCCCC)C(OCCCC)C3OCCCC)O[C@H](O[Si](C)(C)C(C)(C)C)C(C)[C@H]2OCCCC)[C@@H](C)C(OCCCC)[C@@H]1O. The molecule has 380 valence electrons. The van der Waals surface area contributed by atoms with Gasteiger partial charge in [-0.2, -0.15) is 0 Å². The van der Waals surface area contributed by atoms with E-state index >= 15 is 0 Å². The summed E-state index contributed by atoms with van der Waals surface area (Å²) < 4.78 is 81.1. The molecule has 0 radical (unpaired) electrons. The molecule has 3 fully saturated rings. The van der Waals surface area contributed by atoms with Crippen molar-refractivity contribution in [3.63, 3.8) is 0 Å². The van der Waals surface area contributed by atoms with Crippen LogP contribution >= 0.6 is 0 Å². The predicted octanol–water partition coefficient (Wildman–Crippen LogP) is 9.98. The summed E-state index contributed by atoms with van der Waals surface area (Å²) in [6.45, 7) is 34.1. The average Bonchev–Trinajstić information content (AvgIpc) is 3.24. The lowest BCUT2D eigenvalue weighted by Gasteiger charge is -2.51. The zero-order valence-electron chi connectivity index (χ0n) is 43.1. The van der Waals surface area contributed by atoms with Gasteiger partial charge in [-0.1, -0.05) is 115 Å². The Labute approximate surface area is 391 Å². The first-order chi connectivity index (χ1) is 30.6. The molecule has 3 aliphatic rings. The van der Waals surface area contributed by atoms with Gasteiger partial charge in [0.2, 0.25) is 0 Å². The highest BCUT2D eigenvalue weighted by Gasteiger charge is 2.54. The highest BCUT2D eigenvalue weighted by atomic mass is 28.4. The topological polar surface area (TPSA) is 131 Å². The van der Waals surface area contributed by atoms with Crippen LogP contribution in [0.5, 0.6) is 0 Å². The first-order valence-corrected chi connectivity index (χ1v) is 28.8. The van der Waals surface area contributed by atoms with Crippen LogP contribution in [0.2, 0.25) is 18.1 Å². The maximum absolute atomic E-state index is 11.7. The fraction of sp³-hybridized carbons (Fsp3) is 1.00. The van der Waals surface area contributed by atoms with Crippen molar-refractivity contribution in [2.24, 2.45) is 11.8 Å². The van der Waals surface area contributed by atoms with Crippen LogP contribution in [-0.2, 0) is 56.5 Å². The number of hydrogen-bond donors (Lipinski definition) is 1. The summed E-state index contributed by atoms with van der Waals surface area (Å²) in [5, 5.41) is 11.6. The van der Waals surface area contributed by atoms with E-state index in [0.717, 1.165) is 77.0 Å². The second kappa shape index (κ2) is 30.3. The van der Waals surface area contributed by atoms with Crippen molar-refractivity contribution in [3.05, 3.63) is 0 Å². The Bertz CT molecular complexity index is 1190. The van der Waals surface area contributed by atoms with Gasteiger partial charge in [0.1, 0.15) is 42.7 Å². The van der Waals surface area contributed by atoms with Crippen LogP contribution in [0.4, 0.5) is 0 Å². The molecule has 1 N–H and O–H groups in total. The Morgan fingerprint density at radius 3 is 1.45 bits per heavy atom. The van der Waals surface area contributed by atoms with Crippen LogP contribution in [0.15, 0.2) is 0 Å². The van der Waals surface area contributed by atoms with Crippen LogP contribution in [0.25, 0.3) is 0 Å². The van der Waals surface area contributed by atoms with E-state index in [4.69, 9.17) is 56.5 Å². The van der Waals surface area contributed by atoms with Crippen molar-refractivity contribution in [2.75, 3.05) is 52.9 Å². The summed E-state index contributed by atoms with van der Waals surface area (Å²) in [5.41, 5.74) is 0. The zero-order valence-corrected chi connectivity index (χ0v) is 44.1. The zero-order chi connectivity index (χ0) is 47.3. The maximum Gasteiger partial charge on any atom is 0.195 e. The molecule has 3 aliphatic heterocycles. The fourth-order valence-corrected chi connectivity index (χ4v) is 9.30. The molecule has 6 unspecified atom stereocenters. The van der Waals surface area contributed by atoms with E-state index in [1.807, 2.05) is 13.8 Å². The lowest BCUT2D eigenvalue weighted by atomic mass is 9.90. The van der Waals surface area contributed by atoms with Gasteiger partial charge in [0.05, 0.1) is 31.5 Å². The van der Waals surface area contributed by atoms with Crippen molar-refractivity contribution >= 4 is 8.32 Å². The molecule has 3 saturated heterocycles. The quantitative estimate of drug-likeness (QED) is 0.0508. The molecule has 13 nitrogen and oxygen atoms in total. The molecule has 0 spiro atoms. The Morgan fingerprint density at radius 1 is 0.469 bits per heavy atom. The summed E-state index contributed by atoms with van der Waals surface area (Å²) in [5.74, 6) is -0.521. The fourth-order valence-electron chi connectivity index (χ4n) is 8.10. The van der Waals surface area contributed by atoms with E-state index in [1.165, 1.54) is 0 Å². The molecule has 0 aromatic carbocycles. The van der Waals surface area contributed by atoms with Crippen LogP contribution in [0.1, 0.15) is 160 Å². The minimum Gasteiger partial charge on any atom is -0.392 e. The van der Waals surface area contributed by atoms with Crippen LogP contribution < -0.4 is 0 Å². The summed E-state index contributed by atoms with van der Waals surface area (Å²) in [7, 11) is -2.33. The Kier molecular flexibility index (Phi) is 27.5. The molecule has 14 heteroatoms. The summed E-state index contributed by atoms with van der Waals surface area (Å²) >= 11 is 0. The van der Waals surface area contributed by atoms with Crippen molar-refractivity contribution in [1.82, 2.24) is 0 Å². The van der Waals surface area contributed by atoms with Crippen LogP contribution in [0, 0.1) is 11.8 Å². The van der Waals surface area contributed by atoms with Gasteiger partial charge in [-0.25, -0.2) is 0 Å². The van der Waals surface area contributed by atoms with E-state index in [2.05, 4.69) is 82.3 Å².